The predicted octanol–water partition coefficient (Wildman–Crippen LogP) is 4.95. The molecule has 0 aliphatic heterocycles. The van der Waals surface area contributed by atoms with E-state index in [1.165, 1.54) is 6.07 Å². The molecule has 1 heterocycles. The summed E-state index contributed by atoms with van der Waals surface area (Å²) in [5, 5.41) is 3.86. The Morgan fingerprint density at radius 3 is 2.58 bits per heavy atom. The monoisotopic (exact) mass is 456 g/mol. The van der Waals surface area contributed by atoms with Gasteiger partial charge < -0.3 is 11.1 Å². The lowest BCUT2D eigenvalue weighted by atomic mass is 10.1. The molecule has 1 aromatic heterocycles. The van der Waals surface area contributed by atoms with Gasteiger partial charge in [0.15, 0.2) is 0 Å². The number of carbonyl (C=O) groups is 1. The van der Waals surface area contributed by atoms with Crippen LogP contribution in [0.4, 0.5) is 13.2 Å². The molecule has 0 fully saturated rings. The molecule has 174 valence electrons. The maximum atomic E-state index is 13.0. The Hall–Kier alpha value is -3.19. The summed E-state index contributed by atoms with van der Waals surface area (Å²) in [4.78, 5) is 11.7. The van der Waals surface area contributed by atoms with Gasteiger partial charge in [-0.05, 0) is 48.7 Å². The van der Waals surface area contributed by atoms with Crippen molar-refractivity contribution in [3.05, 3.63) is 77.5 Å². The van der Waals surface area contributed by atoms with Crippen LogP contribution >= 0.6 is 0 Å². The topological polar surface area (TPSA) is 59.0 Å². The van der Waals surface area contributed by atoms with Crippen LogP contribution in [0.5, 0.6) is 0 Å². The molecule has 3 rings (SSSR count). The molecule has 33 heavy (non-hydrogen) atoms. The highest BCUT2D eigenvalue weighted by atomic mass is 19.4. The van der Waals surface area contributed by atoms with E-state index < -0.39 is 11.7 Å². The molecule has 4 nitrogen and oxygen atoms in total. The van der Waals surface area contributed by atoms with Crippen molar-refractivity contribution in [3.8, 4) is 0 Å². The lowest BCUT2D eigenvalue weighted by molar-refractivity contribution is -0.673. The van der Waals surface area contributed by atoms with Crippen molar-refractivity contribution in [2.45, 2.75) is 38.4 Å². The molecule has 0 spiro atoms. The third-order valence-electron chi connectivity index (χ3n) is 5.39. The largest absolute Gasteiger partial charge is 0.416 e. The molecular formula is C26H29F3N3O+. The Kier molecular flexibility index (Phi) is 8.60. The van der Waals surface area contributed by atoms with Gasteiger partial charge >= 0.3 is 6.18 Å². The molecule has 0 atom stereocenters. The van der Waals surface area contributed by atoms with Gasteiger partial charge in [0.2, 0.25) is 17.1 Å². The number of para-hydroxylation sites is 1. The predicted molar refractivity (Wildman–Crippen MR) is 125 cm³/mol. The second kappa shape index (κ2) is 11.6. The van der Waals surface area contributed by atoms with Crippen LogP contribution in [0.1, 0.15) is 42.5 Å². The minimum absolute atomic E-state index is 0.0166. The maximum absolute atomic E-state index is 13.0. The summed E-state index contributed by atoms with van der Waals surface area (Å²) >= 11 is 0. The molecule has 0 saturated carbocycles. The summed E-state index contributed by atoms with van der Waals surface area (Å²) in [6.45, 7) is 1.67. The van der Waals surface area contributed by atoms with Gasteiger partial charge in [-0.2, -0.15) is 17.7 Å². The molecule has 0 aliphatic rings. The number of hydrogen-bond acceptors (Lipinski definition) is 2. The number of benzene rings is 2. The third kappa shape index (κ3) is 7.15. The molecule has 1 amide bonds. The van der Waals surface area contributed by atoms with Crippen LogP contribution in [-0.2, 0) is 17.5 Å². The quantitative estimate of drug-likeness (QED) is 0.335. The second-order valence-corrected chi connectivity index (χ2v) is 7.87. The van der Waals surface area contributed by atoms with Crippen molar-refractivity contribution >= 4 is 29.0 Å². The zero-order valence-electron chi connectivity index (χ0n) is 18.4. The Morgan fingerprint density at radius 2 is 1.79 bits per heavy atom. The van der Waals surface area contributed by atoms with Crippen LogP contribution < -0.4 is 15.6 Å². The smallest absolute Gasteiger partial charge is 0.355 e. The molecule has 0 aliphatic carbocycles. The van der Waals surface area contributed by atoms with Gasteiger partial charge in [0.1, 0.15) is 6.54 Å². The summed E-state index contributed by atoms with van der Waals surface area (Å²) in [6.07, 6.45) is 2.23. The highest BCUT2D eigenvalue weighted by Crippen LogP contribution is 2.29. The Morgan fingerprint density at radius 1 is 0.970 bits per heavy atom. The average Bonchev–Trinajstić information content (AvgIpc) is 2.81. The number of unbranched alkanes of at least 4 members (excludes halogenated alkanes) is 2. The molecule has 0 bridgehead atoms. The Bertz CT molecular complexity index is 1110. The zero-order valence-corrected chi connectivity index (χ0v) is 18.4. The molecular weight excluding hydrogens is 427 g/mol. The number of pyridine rings is 1. The second-order valence-electron chi connectivity index (χ2n) is 7.87. The first-order valence-electron chi connectivity index (χ1n) is 11.1. The number of aryl methyl sites for hydroxylation is 1. The van der Waals surface area contributed by atoms with Gasteiger partial charge in [0.05, 0.1) is 5.56 Å². The minimum atomic E-state index is -4.37. The number of rotatable bonds is 10. The number of amides is 1. The van der Waals surface area contributed by atoms with E-state index in [0.717, 1.165) is 54.5 Å². The highest BCUT2D eigenvalue weighted by molar-refractivity contribution is 5.77. The van der Waals surface area contributed by atoms with E-state index in [1.54, 1.807) is 12.1 Å². The van der Waals surface area contributed by atoms with Gasteiger partial charge in [-0.1, -0.05) is 24.3 Å². The summed E-state index contributed by atoms with van der Waals surface area (Å²) < 4.78 is 41.2. The van der Waals surface area contributed by atoms with Crippen molar-refractivity contribution < 1.29 is 22.5 Å². The highest BCUT2D eigenvalue weighted by Gasteiger charge is 2.30. The van der Waals surface area contributed by atoms with E-state index in [4.69, 9.17) is 5.73 Å². The summed E-state index contributed by atoms with van der Waals surface area (Å²) in [7, 11) is 0. The Balaban J connectivity index is 1.74. The van der Waals surface area contributed by atoms with E-state index in [9.17, 15) is 18.0 Å². The summed E-state index contributed by atoms with van der Waals surface area (Å²) in [6, 6.07) is 17.3. The van der Waals surface area contributed by atoms with E-state index in [2.05, 4.69) is 9.88 Å². The number of nitrogens with zero attached hydrogens (tertiary/aromatic N) is 1. The third-order valence-corrected chi connectivity index (χ3v) is 5.39. The van der Waals surface area contributed by atoms with Crippen LogP contribution in [0.3, 0.4) is 0 Å². The zero-order chi connectivity index (χ0) is 23.7. The fraction of sp³-hybridized carbons (Fsp3) is 0.308. The number of halogens is 3. The van der Waals surface area contributed by atoms with Gasteiger partial charge in [-0.3, -0.25) is 4.79 Å². The van der Waals surface area contributed by atoms with Crippen molar-refractivity contribution in [1.82, 2.24) is 5.32 Å². The molecule has 0 saturated heterocycles. The number of fused-ring (bicyclic) bond motifs is 1. The summed E-state index contributed by atoms with van der Waals surface area (Å²) in [5.41, 5.74) is 7.19. The lowest BCUT2D eigenvalue weighted by Crippen LogP contribution is -2.38. The molecule has 3 aromatic rings. The van der Waals surface area contributed by atoms with Gasteiger partial charge in [0.25, 0.3) is 0 Å². The average molecular weight is 457 g/mol. The number of carbonyl (C=O) groups excluding carboxylic acids is 1. The van der Waals surface area contributed by atoms with Crippen molar-refractivity contribution in [1.29, 1.82) is 0 Å². The number of nitrogens with two attached hydrogens (primary N) is 1. The number of hydrogen-bond donors (Lipinski definition) is 2. The van der Waals surface area contributed by atoms with Crippen LogP contribution in [-0.4, -0.2) is 19.0 Å². The van der Waals surface area contributed by atoms with Crippen molar-refractivity contribution in [2.75, 3.05) is 13.1 Å². The summed E-state index contributed by atoms with van der Waals surface area (Å²) in [5.74, 6) is 0.0166. The maximum Gasteiger partial charge on any atom is 0.416 e. The Labute approximate surface area is 191 Å². The molecule has 2 aromatic carbocycles. The lowest BCUT2D eigenvalue weighted by Gasteiger charge is -2.07. The van der Waals surface area contributed by atoms with Crippen molar-refractivity contribution in [2.24, 2.45) is 5.73 Å². The van der Waals surface area contributed by atoms with E-state index in [1.807, 2.05) is 42.5 Å². The van der Waals surface area contributed by atoms with Gasteiger partial charge in [0, 0.05) is 49.5 Å². The van der Waals surface area contributed by atoms with Crippen LogP contribution in [0.25, 0.3) is 23.1 Å². The fourth-order valence-electron chi connectivity index (χ4n) is 3.71. The molecule has 0 unspecified atom stereocenters. The van der Waals surface area contributed by atoms with Gasteiger partial charge in [-0.25, -0.2) is 0 Å². The van der Waals surface area contributed by atoms with Crippen LogP contribution in [0, 0.1) is 0 Å². The fourth-order valence-corrected chi connectivity index (χ4v) is 3.71. The van der Waals surface area contributed by atoms with E-state index in [0.29, 0.717) is 25.1 Å². The normalized spacial score (nSPS) is 11.9. The van der Waals surface area contributed by atoms with E-state index in [-0.39, 0.29) is 5.91 Å². The van der Waals surface area contributed by atoms with Crippen molar-refractivity contribution in [3.63, 3.8) is 0 Å². The van der Waals surface area contributed by atoms with Gasteiger partial charge in [-0.15, -0.1) is 0 Å². The number of alkyl halides is 3. The first kappa shape index (κ1) is 24.5. The van der Waals surface area contributed by atoms with E-state index >= 15 is 0 Å². The first-order chi connectivity index (χ1) is 15.9. The molecule has 0 radical (unpaired) electrons. The molecule has 3 N–H and O–H groups in total. The number of aromatic nitrogens is 1. The first-order valence-corrected chi connectivity index (χ1v) is 11.1. The van der Waals surface area contributed by atoms with Crippen LogP contribution in [0.2, 0.25) is 0 Å². The van der Waals surface area contributed by atoms with Crippen LogP contribution in [0.15, 0.2) is 60.7 Å². The number of nitrogens with one attached hydrogen (secondary N) is 1. The molecule has 7 heteroatoms. The minimum Gasteiger partial charge on any atom is -0.355 e. The standard InChI is InChI=1S/C26H28F3N3O/c27-26(28,29)22-9-6-7-20(19-22)12-14-23-15-13-21-8-3-4-10-24(21)32(23)18-5-1-2-11-25(33)31-17-16-30/h3-4,6-10,12-15,19H,1-2,5,11,16-18,30H2/p+1/b14-12+. The SMILES string of the molecule is NCCNC(=O)CCCCC[n+]1c(/C=C/c2cccc(C(F)(F)F)c2)ccc2ccccc21.